The number of thiophene rings is 1. The SMILES string of the molecule is COc1cccc(C(=O)N/N=C\c2ccc(OC(=O)c3sc4cc(OC)ccc4c3Cl)cc2)c1. The minimum absolute atomic E-state index is 0.316. The molecule has 0 saturated carbocycles. The molecule has 0 aliphatic rings. The second kappa shape index (κ2) is 10.4. The van der Waals surface area contributed by atoms with Crippen LogP contribution in [0.1, 0.15) is 25.6 Å². The number of nitrogens with zero attached hydrogens (tertiary/aromatic N) is 1. The van der Waals surface area contributed by atoms with Gasteiger partial charge in [-0.3, -0.25) is 4.79 Å². The van der Waals surface area contributed by atoms with E-state index in [-0.39, 0.29) is 5.91 Å². The number of methoxy groups -OCH3 is 2. The quantitative estimate of drug-likeness (QED) is 0.157. The molecule has 0 bridgehead atoms. The summed E-state index contributed by atoms with van der Waals surface area (Å²) in [5, 5.41) is 5.08. The van der Waals surface area contributed by atoms with Crippen molar-refractivity contribution in [1.29, 1.82) is 0 Å². The topological polar surface area (TPSA) is 86.2 Å². The lowest BCUT2D eigenvalue weighted by atomic mass is 10.2. The van der Waals surface area contributed by atoms with Gasteiger partial charge in [0.25, 0.3) is 5.91 Å². The first-order valence-electron chi connectivity index (χ1n) is 10.0. The number of fused-ring (bicyclic) bond motifs is 1. The number of rotatable bonds is 7. The van der Waals surface area contributed by atoms with Gasteiger partial charge in [-0.1, -0.05) is 17.7 Å². The standard InChI is InChI=1S/C25H19ClN2O5S/c1-31-18-5-3-4-16(12-18)24(29)28-27-14-15-6-8-17(9-7-15)33-25(30)23-22(26)20-11-10-19(32-2)13-21(20)34-23/h3-14H,1-2H3,(H,28,29)/b27-14-. The maximum absolute atomic E-state index is 12.7. The number of amides is 1. The van der Waals surface area contributed by atoms with Crippen LogP contribution < -0.4 is 19.6 Å². The molecular weight excluding hydrogens is 476 g/mol. The number of halogens is 1. The van der Waals surface area contributed by atoms with Gasteiger partial charge >= 0.3 is 5.97 Å². The molecule has 1 N–H and O–H groups in total. The van der Waals surface area contributed by atoms with Gasteiger partial charge in [-0.2, -0.15) is 5.10 Å². The van der Waals surface area contributed by atoms with Crippen LogP contribution >= 0.6 is 22.9 Å². The van der Waals surface area contributed by atoms with Crippen molar-refractivity contribution >= 4 is 51.1 Å². The molecule has 4 rings (SSSR count). The number of ether oxygens (including phenoxy) is 3. The molecule has 4 aromatic rings. The Hall–Kier alpha value is -3.88. The molecule has 34 heavy (non-hydrogen) atoms. The third kappa shape index (κ3) is 5.19. The predicted octanol–water partition coefficient (Wildman–Crippen LogP) is 5.56. The third-order valence-electron chi connectivity index (χ3n) is 4.82. The fourth-order valence-electron chi connectivity index (χ4n) is 3.07. The summed E-state index contributed by atoms with van der Waals surface area (Å²) >= 11 is 7.64. The summed E-state index contributed by atoms with van der Waals surface area (Å²) in [6.45, 7) is 0. The number of esters is 1. The molecule has 172 valence electrons. The molecule has 0 atom stereocenters. The van der Waals surface area contributed by atoms with E-state index in [9.17, 15) is 9.59 Å². The number of carbonyl (C=O) groups is 2. The lowest BCUT2D eigenvalue weighted by Gasteiger charge is -2.04. The van der Waals surface area contributed by atoms with E-state index in [4.69, 9.17) is 25.8 Å². The van der Waals surface area contributed by atoms with Gasteiger partial charge in [-0.15, -0.1) is 11.3 Å². The molecule has 0 aliphatic carbocycles. The second-order valence-corrected chi connectivity index (χ2v) is 8.43. The van der Waals surface area contributed by atoms with Gasteiger partial charge < -0.3 is 14.2 Å². The zero-order valence-electron chi connectivity index (χ0n) is 18.2. The Morgan fingerprint density at radius 1 is 0.941 bits per heavy atom. The Balaban J connectivity index is 1.39. The van der Waals surface area contributed by atoms with Crippen molar-refractivity contribution in [2.75, 3.05) is 14.2 Å². The summed E-state index contributed by atoms with van der Waals surface area (Å²) in [4.78, 5) is 25.2. The van der Waals surface area contributed by atoms with E-state index in [0.29, 0.717) is 38.3 Å². The molecule has 1 heterocycles. The predicted molar refractivity (Wildman–Crippen MR) is 133 cm³/mol. The Bertz CT molecular complexity index is 1380. The normalized spacial score (nSPS) is 10.9. The van der Waals surface area contributed by atoms with Crippen molar-refractivity contribution in [3.8, 4) is 17.2 Å². The highest BCUT2D eigenvalue weighted by Crippen LogP contribution is 2.37. The van der Waals surface area contributed by atoms with Crippen molar-refractivity contribution in [2.24, 2.45) is 5.10 Å². The summed E-state index contributed by atoms with van der Waals surface area (Å²) in [5.74, 6) is 0.713. The molecule has 0 spiro atoms. The fourth-order valence-corrected chi connectivity index (χ4v) is 4.49. The maximum Gasteiger partial charge on any atom is 0.355 e. The van der Waals surface area contributed by atoms with Gasteiger partial charge in [-0.25, -0.2) is 10.2 Å². The zero-order chi connectivity index (χ0) is 24.1. The summed E-state index contributed by atoms with van der Waals surface area (Å²) in [6, 6.07) is 18.9. The fraction of sp³-hybridized carbons (Fsp3) is 0.0800. The molecule has 0 unspecified atom stereocenters. The summed E-state index contributed by atoms with van der Waals surface area (Å²) in [5.41, 5.74) is 3.60. The molecule has 0 radical (unpaired) electrons. The first kappa shape index (κ1) is 23.3. The van der Waals surface area contributed by atoms with E-state index < -0.39 is 5.97 Å². The van der Waals surface area contributed by atoms with Crippen LogP contribution in [-0.2, 0) is 0 Å². The van der Waals surface area contributed by atoms with E-state index in [0.717, 1.165) is 10.1 Å². The first-order valence-corrected chi connectivity index (χ1v) is 11.2. The van der Waals surface area contributed by atoms with Crippen molar-refractivity contribution < 1.29 is 23.8 Å². The van der Waals surface area contributed by atoms with Crippen LogP contribution in [0.2, 0.25) is 5.02 Å². The van der Waals surface area contributed by atoms with Crippen LogP contribution in [0.5, 0.6) is 17.2 Å². The summed E-state index contributed by atoms with van der Waals surface area (Å²) < 4.78 is 16.6. The van der Waals surface area contributed by atoms with Gasteiger partial charge in [0.15, 0.2) is 0 Å². The van der Waals surface area contributed by atoms with E-state index in [1.54, 1.807) is 61.7 Å². The average Bonchev–Trinajstić information content (AvgIpc) is 3.20. The van der Waals surface area contributed by atoms with E-state index in [1.165, 1.54) is 24.7 Å². The van der Waals surface area contributed by atoms with Crippen LogP contribution in [0.3, 0.4) is 0 Å². The Morgan fingerprint density at radius 3 is 2.38 bits per heavy atom. The molecule has 1 aromatic heterocycles. The lowest BCUT2D eigenvalue weighted by molar-refractivity contribution is 0.0739. The highest BCUT2D eigenvalue weighted by Gasteiger charge is 2.19. The third-order valence-corrected chi connectivity index (χ3v) is 6.46. The summed E-state index contributed by atoms with van der Waals surface area (Å²) in [7, 11) is 3.11. The van der Waals surface area contributed by atoms with E-state index in [1.807, 2.05) is 12.1 Å². The average molecular weight is 495 g/mol. The van der Waals surface area contributed by atoms with Crippen LogP contribution in [0.25, 0.3) is 10.1 Å². The number of hydrogen-bond donors (Lipinski definition) is 1. The van der Waals surface area contributed by atoms with Gasteiger partial charge in [-0.05, 0) is 66.2 Å². The van der Waals surface area contributed by atoms with E-state index >= 15 is 0 Å². The Kier molecular flexibility index (Phi) is 7.10. The highest BCUT2D eigenvalue weighted by atomic mass is 35.5. The molecule has 0 fully saturated rings. The molecule has 9 heteroatoms. The first-order chi connectivity index (χ1) is 16.5. The number of carbonyl (C=O) groups excluding carboxylic acids is 2. The maximum atomic E-state index is 12.7. The van der Waals surface area contributed by atoms with Crippen LogP contribution in [0.4, 0.5) is 0 Å². The smallest absolute Gasteiger partial charge is 0.355 e. The summed E-state index contributed by atoms with van der Waals surface area (Å²) in [6.07, 6.45) is 1.49. The van der Waals surface area contributed by atoms with Crippen LogP contribution in [0, 0.1) is 0 Å². The molecule has 0 aliphatic heterocycles. The van der Waals surface area contributed by atoms with Crippen molar-refractivity contribution in [3.63, 3.8) is 0 Å². The van der Waals surface area contributed by atoms with Crippen molar-refractivity contribution in [3.05, 3.63) is 87.8 Å². The number of hydrazone groups is 1. The van der Waals surface area contributed by atoms with Gasteiger partial charge in [0.05, 0.1) is 25.5 Å². The van der Waals surface area contributed by atoms with Gasteiger partial charge in [0, 0.05) is 15.6 Å². The number of hydrogen-bond acceptors (Lipinski definition) is 7. The lowest BCUT2D eigenvalue weighted by Crippen LogP contribution is -2.17. The second-order valence-electron chi connectivity index (χ2n) is 7.00. The van der Waals surface area contributed by atoms with Gasteiger partial charge in [0.1, 0.15) is 22.1 Å². The molecule has 1 amide bonds. The monoisotopic (exact) mass is 494 g/mol. The van der Waals surface area contributed by atoms with Crippen LogP contribution in [0.15, 0.2) is 71.8 Å². The van der Waals surface area contributed by atoms with Crippen LogP contribution in [-0.4, -0.2) is 32.3 Å². The zero-order valence-corrected chi connectivity index (χ0v) is 19.8. The van der Waals surface area contributed by atoms with Crippen molar-refractivity contribution in [1.82, 2.24) is 5.43 Å². The number of benzene rings is 3. The Labute approximate surface area is 204 Å². The molecule has 7 nitrogen and oxygen atoms in total. The molecule has 3 aromatic carbocycles. The molecule has 0 saturated heterocycles. The Morgan fingerprint density at radius 2 is 1.65 bits per heavy atom. The minimum Gasteiger partial charge on any atom is -0.497 e. The van der Waals surface area contributed by atoms with Crippen molar-refractivity contribution in [2.45, 2.75) is 0 Å². The minimum atomic E-state index is -0.544. The van der Waals surface area contributed by atoms with Gasteiger partial charge in [0.2, 0.25) is 0 Å². The van der Waals surface area contributed by atoms with E-state index in [2.05, 4.69) is 10.5 Å². The number of nitrogens with one attached hydrogen (secondary N) is 1. The molecular formula is C25H19ClN2O5S. The largest absolute Gasteiger partial charge is 0.497 e. The highest BCUT2D eigenvalue weighted by molar-refractivity contribution is 7.21.